The van der Waals surface area contributed by atoms with Gasteiger partial charge in [-0.2, -0.15) is 0 Å². The first-order chi connectivity index (χ1) is 6.24. The molecule has 0 aromatic heterocycles. The van der Waals surface area contributed by atoms with Crippen LogP contribution in [-0.4, -0.2) is 13.1 Å². The minimum Gasteiger partial charge on any atom is -0.317 e. The van der Waals surface area contributed by atoms with Gasteiger partial charge < -0.3 is 5.32 Å². The number of hydrogen-bond acceptors (Lipinski definition) is 1. The third-order valence-corrected chi connectivity index (χ3v) is 2.30. The average molecular weight is 181 g/mol. The molecule has 0 saturated heterocycles. The van der Waals surface area contributed by atoms with Gasteiger partial charge in [0.2, 0.25) is 0 Å². The Labute approximate surface area is 79.0 Å². The lowest BCUT2D eigenvalue weighted by atomic mass is 10.1. The van der Waals surface area contributed by atoms with Crippen LogP contribution in [0, 0.1) is 5.82 Å². The predicted molar refractivity (Wildman–Crippen MR) is 53.2 cm³/mol. The van der Waals surface area contributed by atoms with Crippen molar-refractivity contribution >= 4 is 0 Å². The van der Waals surface area contributed by atoms with E-state index in [1.807, 2.05) is 19.2 Å². The zero-order valence-corrected chi connectivity index (χ0v) is 8.18. The summed E-state index contributed by atoms with van der Waals surface area (Å²) >= 11 is 0. The molecule has 0 aliphatic heterocycles. The Kier molecular flexibility index (Phi) is 3.90. The first-order valence-corrected chi connectivity index (χ1v) is 4.64. The smallest absolute Gasteiger partial charge is 0.126 e. The molecule has 1 nitrogen and oxygen atoms in total. The molecule has 13 heavy (non-hydrogen) atoms. The second kappa shape index (κ2) is 4.97. The monoisotopic (exact) mass is 181 g/mol. The second-order valence-corrected chi connectivity index (χ2v) is 3.32. The number of nitrogens with one attached hydrogen (secondary N) is 1. The van der Waals surface area contributed by atoms with Crippen LogP contribution in [0.3, 0.4) is 0 Å². The highest BCUT2D eigenvalue weighted by Gasteiger charge is 2.02. The van der Waals surface area contributed by atoms with E-state index in [1.165, 1.54) is 6.07 Å². The maximum absolute atomic E-state index is 13.1. The molecule has 0 radical (unpaired) electrons. The largest absolute Gasteiger partial charge is 0.317 e. The Morgan fingerprint density at radius 2 is 2.08 bits per heavy atom. The van der Waals surface area contributed by atoms with Crippen LogP contribution in [-0.2, 0) is 6.42 Å². The van der Waals surface area contributed by atoms with Gasteiger partial charge in [-0.15, -0.1) is 0 Å². The Bertz CT molecular complexity index is 260. The summed E-state index contributed by atoms with van der Waals surface area (Å²) in [6, 6.07) is 7.40. The predicted octanol–water partition coefficient (Wildman–Crippen LogP) is 2.37. The van der Waals surface area contributed by atoms with Crippen molar-refractivity contribution in [1.82, 2.24) is 5.32 Å². The molecule has 0 unspecified atom stereocenters. The summed E-state index contributed by atoms with van der Waals surface area (Å²) in [5.41, 5.74) is 0.810. The molecule has 1 atom stereocenters. The van der Waals surface area contributed by atoms with Gasteiger partial charge in [0.15, 0.2) is 0 Å². The molecule has 0 aliphatic rings. The minimum absolute atomic E-state index is 0.0918. The van der Waals surface area contributed by atoms with Gasteiger partial charge >= 0.3 is 0 Å². The van der Waals surface area contributed by atoms with Crippen LogP contribution >= 0.6 is 0 Å². The lowest BCUT2D eigenvalue weighted by Crippen LogP contribution is -2.21. The van der Waals surface area contributed by atoms with E-state index in [0.717, 1.165) is 18.4 Å². The second-order valence-electron chi connectivity index (χ2n) is 3.32. The average Bonchev–Trinajstić information content (AvgIpc) is 2.16. The van der Waals surface area contributed by atoms with Crippen LogP contribution in [0.25, 0.3) is 0 Å². The van der Waals surface area contributed by atoms with Gasteiger partial charge in [-0.05, 0) is 38.4 Å². The van der Waals surface area contributed by atoms with E-state index in [2.05, 4.69) is 12.2 Å². The van der Waals surface area contributed by atoms with Crippen molar-refractivity contribution < 1.29 is 4.39 Å². The van der Waals surface area contributed by atoms with Gasteiger partial charge in [-0.1, -0.05) is 18.2 Å². The molecule has 1 N–H and O–H groups in total. The number of aryl methyl sites for hydroxylation is 1. The molecule has 0 spiro atoms. The maximum atomic E-state index is 13.1. The van der Waals surface area contributed by atoms with Crippen molar-refractivity contribution in [1.29, 1.82) is 0 Å². The Morgan fingerprint density at radius 3 is 2.69 bits per heavy atom. The zero-order valence-electron chi connectivity index (χ0n) is 8.18. The molecular weight excluding hydrogens is 165 g/mol. The number of halogens is 1. The highest BCUT2D eigenvalue weighted by molar-refractivity contribution is 5.17. The van der Waals surface area contributed by atoms with E-state index >= 15 is 0 Å². The van der Waals surface area contributed by atoms with Crippen LogP contribution in [0.5, 0.6) is 0 Å². The van der Waals surface area contributed by atoms with Gasteiger partial charge in [0.1, 0.15) is 5.82 Å². The molecule has 1 aromatic carbocycles. The molecule has 0 bridgehead atoms. The highest BCUT2D eigenvalue weighted by Crippen LogP contribution is 2.09. The van der Waals surface area contributed by atoms with Gasteiger partial charge in [0.25, 0.3) is 0 Å². The SMILES string of the molecule is CN[C@H](C)CCc1ccccc1F. The molecule has 0 aliphatic carbocycles. The quantitative estimate of drug-likeness (QED) is 0.752. The number of benzene rings is 1. The van der Waals surface area contributed by atoms with Gasteiger partial charge in [0, 0.05) is 6.04 Å². The molecule has 0 heterocycles. The van der Waals surface area contributed by atoms with Crippen LogP contribution < -0.4 is 5.32 Å². The zero-order chi connectivity index (χ0) is 9.68. The normalized spacial score (nSPS) is 12.8. The number of rotatable bonds is 4. The van der Waals surface area contributed by atoms with Crippen LogP contribution in [0.15, 0.2) is 24.3 Å². The standard InChI is InChI=1S/C11H16FN/c1-9(13-2)7-8-10-5-3-4-6-11(10)12/h3-6,9,13H,7-8H2,1-2H3/t9-/m1/s1. The fourth-order valence-corrected chi connectivity index (χ4v) is 1.22. The Hall–Kier alpha value is -0.890. The van der Waals surface area contributed by atoms with Crippen molar-refractivity contribution in [2.24, 2.45) is 0 Å². The lowest BCUT2D eigenvalue weighted by Gasteiger charge is -2.09. The van der Waals surface area contributed by atoms with Crippen molar-refractivity contribution in [3.8, 4) is 0 Å². The molecule has 0 saturated carbocycles. The molecule has 72 valence electrons. The maximum Gasteiger partial charge on any atom is 0.126 e. The fourth-order valence-electron chi connectivity index (χ4n) is 1.22. The van der Waals surface area contributed by atoms with Gasteiger partial charge in [0.05, 0.1) is 0 Å². The van der Waals surface area contributed by atoms with E-state index in [0.29, 0.717) is 6.04 Å². The van der Waals surface area contributed by atoms with Crippen LogP contribution in [0.1, 0.15) is 18.9 Å². The minimum atomic E-state index is -0.0918. The van der Waals surface area contributed by atoms with Crippen molar-refractivity contribution in [2.45, 2.75) is 25.8 Å². The Balaban J connectivity index is 2.50. The van der Waals surface area contributed by atoms with Gasteiger partial charge in [-0.25, -0.2) is 4.39 Å². The summed E-state index contributed by atoms with van der Waals surface area (Å²) in [5.74, 6) is -0.0918. The van der Waals surface area contributed by atoms with Crippen LogP contribution in [0.4, 0.5) is 4.39 Å². The summed E-state index contributed by atoms with van der Waals surface area (Å²) in [5, 5.41) is 3.13. The summed E-state index contributed by atoms with van der Waals surface area (Å²) < 4.78 is 13.1. The topological polar surface area (TPSA) is 12.0 Å². The first-order valence-electron chi connectivity index (χ1n) is 4.64. The molecule has 1 rings (SSSR count). The van der Waals surface area contributed by atoms with E-state index in [9.17, 15) is 4.39 Å². The van der Waals surface area contributed by atoms with Crippen molar-refractivity contribution in [2.75, 3.05) is 7.05 Å². The van der Waals surface area contributed by atoms with Gasteiger partial charge in [-0.3, -0.25) is 0 Å². The fraction of sp³-hybridized carbons (Fsp3) is 0.455. The third-order valence-electron chi connectivity index (χ3n) is 2.30. The van der Waals surface area contributed by atoms with E-state index in [-0.39, 0.29) is 5.82 Å². The molecule has 0 amide bonds. The molecular formula is C11H16FN. The summed E-state index contributed by atoms with van der Waals surface area (Å²) in [4.78, 5) is 0. The number of hydrogen-bond donors (Lipinski definition) is 1. The lowest BCUT2D eigenvalue weighted by molar-refractivity contribution is 0.547. The van der Waals surface area contributed by atoms with Crippen LogP contribution in [0.2, 0.25) is 0 Å². The molecule has 1 aromatic rings. The Morgan fingerprint density at radius 1 is 1.38 bits per heavy atom. The summed E-state index contributed by atoms with van der Waals surface area (Å²) in [6.07, 6.45) is 1.77. The molecule has 2 heteroatoms. The van der Waals surface area contributed by atoms with E-state index in [4.69, 9.17) is 0 Å². The van der Waals surface area contributed by atoms with E-state index < -0.39 is 0 Å². The van der Waals surface area contributed by atoms with Crippen molar-refractivity contribution in [3.63, 3.8) is 0 Å². The third kappa shape index (κ3) is 3.15. The molecule has 0 fully saturated rings. The van der Waals surface area contributed by atoms with Crippen molar-refractivity contribution in [3.05, 3.63) is 35.6 Å². The van der Waals surface area contributed by atoms with E-state index in [1.54, 1.807) is 6.07 Å². The first kappa shape index (κ1) is 10.2. The summed E-state index contributed by atoms with van der Waals surface area (Å²) in [6.45, 7) is 2.10. The highest BCUT2D eigenvalue weighted by atomic mass is 19.1. The summed E-state index contributed by atoms with van der Waals surface area (Å²) in [7, 11) is 1.92.